The van der Waals surface area contributed by atoms with Crippen LogP contribution in [0.3, 0.4) is 0 Å². The smallest absolute Gasteiger partial charge is 0.249 e. The van der Waals surface area contributed by atoms with Crippen molar-refractivity contribution in [3.05, 3.63) is 30.2 Å². The van der Waals surface area contributed by atoms with Crippen molar-refractivity contribution in [2.45, 2.75) is 45.1 Å². The second-order valence-corrected chi connectivity index (χ2v) is 6.04. The summed E-state index contributed by atoms with van der Waals surface area (Å²) >= 11 is 0. The number of methoxy groups -OCH3 is 1. The highest BCUT2D eigenvalue weighted by molar-refractivity contribution is 5.76. The summed E-state index contributed by atoms with van der Waals surface area (Å²) in [6, 6.07) is 7.44. The molecule has 1 saturated heterocycles. The van der Waals surface area contributed by atoms with E-state index in [2.05, 4.69) is 10.1 Å². The zero-order chi connectivity index (χ0) is 16.9. The van der Waals surface area contributed by atoms with Crippen molar-refractivity contribution in [3.63, 3.8) is 0 Å². The van der Waals surface area contributed by atoms with Crippen LogP contribution in [0.15, 0.2) is 28.8 Å². The SMILES string of the molecule is CCCC(=O)N1CCCCC1c1nc(-c2cccc(OC)c2)no1. The first-order chi connectivity index (χ1) is 11.7. The van der Waals surface area contributed by atoms with Gasteiger partial charge in [-0.05, 0) is 37.8 Å². The number of amides is 1. The van der Waals surface area contributed by atoms with E-state index in [0.717, 1.165) is 43.5 Å². The van der Waals surface area contributed by atoms with Gasteiger partial charge >= 0.3 is 0 Å². The predicted octanol–water partition coefficient (Wildman–Crippen LogP) is 3.60. The lowest BCUT2D eigenvalue weighted by atomic mass is 10.0. The average Bonchev–Trinajstić information content (AvgIpc) is 3.12. The summed E-state index contributed by atoms with van der Waals surface area (Å²) in [5.41, 5.74) is 0.839. The molecule has 2 aromatic rings. The molecule has 1 fully saturated rings. The highest BCUT2D eigenvalue weighted by Crippen LogP contribution is 2.32. The number of rotatable bonds is 5. The molecule has 1 amide bonds. The van der Waals surface area contributed by atoms with Crippen LogP contribution in [0.4, 0.5) is 0 Å². The number of likely N-dealkylation sites (tertiary alicyclic amines) is 1. The number of hydrogen-bond acceptors (Lipinski definition) is 5. The Morgan fingerprint density at radius 1 is 1.42 bits per heavy atom. The van der Waals surface area contributed by atoms with Crippen molar-refractivity contribution in [3.8, 4) is 17.1 Å². The van der Waals surface area contributed by atoms with Crippen LogP contribution in [-0.2, 0) is 4.79 Å². The van der Waals surface area contributed by atoms with E-state index in [9.17, 15) is 4.79 Å². The van der Waals surface area contributed by atoms with Gasteiger partial charge in [0.25, 0.3) is 0 Å². The number of aromatic nitrogens is 2. The third-order valence-electron chi connectivity index (χ3n) is 4.34. The monoisotopic (exact) mass is 329 g/mol. The van der Waals surface area contributed by atoms with Crippen molar-refractivity contribution in [1.82, 2.24) is 15.0 Å². The molecule has 128 valence electrons. The average molecular weight is 329 g/mol. The largest absolute Gasteiger partial charge is 0.497 e. The van der Waals surface area contributed by atoms with Gasteiger partial charge in [-0.3, -0.25) is 4.79 Å². The molecule has 0 bridgehead atoms. The number of carbonyl (C=O) groups excluding carboxylic acids is 1. The Morgan fingerprint density at radius 2 is 2.29 bits per heavy atom. The minimum absolute atomic E-state index is 0.107. The minimum atomic E-state index is -0.107. The lowest BCUT2D eigenvalue weighted by Gasteiger charge is -2.33. The fourth-order valence-corrected chi connectivity index (χ4v) is 3.09. The third-order valence-corrected chi connectivity index (χ3v) is 4.34. The van der Waals surface area contributed by atoms with Gasteiger partial charge in [-0.2, -0.15) is 4.98 Å². The van der Waals surface area contributed by atoms with E-state index in [1.807, 2.05) is 36.1 Å². The van der Waals surface area contributed by atoms with E-state index < -0.39 is 0 Å². The number of benzene rings is 1. The van der Waals surface area contributed by atoms with E-state index >= 15 is 0 Å². The maximum absolute atomic E-state index is 12.4. The van der Waals surface area contributed by atoms with E-state index in [0.29, 0.717) is 18.1 Å². The number of piperidine rings is 1. The van der Waals surface area contributed by atoms with E-state index in [1.165, 1.54) is 0 Å². The van der Waals surface area contributed by atoms with Gasteiger partial charge in [-0.1, -0.05) is 24.2 Å². The molecule has 6 heteroatoms. The molecule has 1 atom stereocenters. The van der Waals surface area contributed by atoms with Crippen LogP contribution >= 0.6 is 0 Å². The molecular weight excluding hydrogens is 306 g/mol. The predicted molar refractivity (Wildman–Crippen MR) is 89.5 cm³/mol. The van der Waals surface area contributed by atoms with Gasteiger partial charge in [0.05, 0.1) is 7.11 Å². The fourth-order valence-electron chi connectivity index (χ4n) is 3.09. The molecule has 0 N–H and O–H groups in total. The summed E-state index contributed by atoms with van der Waals surface area (Å²) in [6.07, 6.45) is 4.38. The molecule has 2 heterocycles. The zero-order valence-corrected chi connectivity index (χ0v) is 14.2. The van der Waals surface area contributed by atoms with Crippen molar-refractivity contribution in [2.24, 2.45) is 0 Å². The first-order valence-corrected chi connectivity index (χ1v) is 8.50. The maximum atomic E-state index is 12.4. The van der Waals surface area contributed by atoms with Crippen molar-refractivity contribution in [2.75, 3.05) is 13.7 Å². The molecule has 1 aliphatic rings. The molecule has 3 rings (SSSR count). The van der Waals surface area contributed by atoms with E-state index in [-0.39, 0.29) is 11.9 Å². The molecule has 6 nitrogen and oxygen atoms in total. The van der Waals surface area contributed by atoms with Crippen LogP contribution in [0.1, 0.15) is 51.0 Å². The van der Waals surface area contributed by atoms with Crippen LogP contribution in [-0.4, -0.2) is 34.6 Å². The van der Waals surface area contributed by atoms with Crippen molar-refractivity contribution >= 4 is 5.91 Å². The summed E-state index contributed by atoms with van der Waals surface area (Å²) in [5, 5.41) is 4.10. The number of hydrogen-bond donors (Lipinski definition) is 0. The summed E-state index contributed by atoms with van der Waals surface area (Å²) in [5.74, 6) is 1.97. The van der Waals surface area contributed by atoms with Crippen LogP contribution in [0.2, 0.25) is 0 Å². The summed E-state index contributed by atoms with van der Waals surface area (Å²) in [4.78, 5) is 18.8. The van der Waals surface area contributed by atoms with Gasteiger partial charge in [-0.15, -0.1) is 0 Å². The first kappa shape index (κ1) is 16.5. The Balaban J connectivity index is 1.83. The standard InChI is InChI=1S/C18H23N3O3/c1-3-7-16(22)21-11-5-4-10-15(21)18-19-17(20-24-18)13-8-6-9-14(12-13)23-2/h6,8-9,12,15H,3-5,7,10-11H2,1-2H3. The highest BCUT2D eigenvalue weighted by Gasteiger charge is 2.31. The van der Waals surface area contributed by atoms with Crippen molar-refractivity contribution < 1.29 is 14.1 Å². The van der Waals surface area contributed by atoms with Crippen LogP contribution in [0, 0.1) is 0 Å². The number of nitrogens with zero attached hydrogens (tertiary/aromatic N) is 3. The van der Waals surface area contributed by atoms with Crippen molar-refractivity contribution in [1.29, 1.82) is 0 Å². The molecule has 24 heavy (non-hydrogen) atoms. The lowest BCUT2D eigenvalue weighted by molar-refractivity contribution is -0.135. The van der Waals surface area contributed by atoms with E-state index in [1.54, 1.807) is 7.11 Å². The second-order valence-electron chi connectivity index (χ2n) is 6.04. The summed E-state index contributed by atoms with van der Waals surface area (Å²) < 4.78 is 10.7. The second kappa shape index (κ2) is 7.47. The Bertz CT molecular complexity index is 698. The Kier molecular flexibility index (Phi) is 5.13. The summed E-state index contributed by atoms with van der Waals surface area (Å²) in [6.45, 7) is 2.78. The molecule has 1 aromatic heterocycles. The van der Waals surface area contributed by atoms with E-state index in [4.69, 9.17) is 9.26 Å². The maximum Gasteiger partial charge on any atom is 0.249 e. The van der Waals surface area contributed by atoms with Gasteiger partial charge in [0.2, 0.25) is 17.6 Å². The third kappa shape index (κ3) is 3.42. The zero-order valence-electron chi connectivity index (χ0n) is 14.2. The molecule has 0 spiro atoms. The van der Waals surface area contributed by atoms with Gasteiger partial charge < -0.3 is 14.2 Å². The normalized spacial score (nSPS) is 17.8. The molecule has 0 radical (unpaired) electrons. The Labute approximate surface area is 141 Å². The van der Waals surface area contributed by atoms with Crippen LogP contribution in [0.5, 0.6) is 5.75 Å². The fraction of sp³-hybridized carbons (Fsp3) is 0.500. The minimum Gasteiger partial charge on any atom is -0.497 e. The van der Waals surface area contributed by atoms with Crippen LogP contribution < -0.4 is 4.74 Å². The topological polar surface area (TPSA) is 68.5 Å². The highest BCUT2D eigenvalue weighted by atomic mass is 16.5. The molecular formula is C18H23N3O3. The molecule has 1 unspecified atom stereocenters. The quantitative estimate of drug-likeness (QED) is 0.838. The number of carbonyl (C=O) groups is 1. The van der Waals surface area contributed by atoms with Gasteiger partial charge in [0.1, 0.15) is 11.8 Å². The van der Waals surface area contributed by atoms with Crippen LogP contribution in [0.25, 0.3) is 11.4 Å². The van der Waals surface area contributed by atoms with Gasteiger partial charge in [0, 0.05) is 18.5 Å². The Hall–Kier alpha value is -2.37. The first-order valence-electron chi connectivity index (χ1n) is 8.50. The molecule has 0 aliphatic carbocycles. The lowest BCUT2D eigenvalue weighted by Crippen LogP contribution is -2.38. The Morgan fingerprint density at radius 3 is 3.08 bits per heavy atom. The molecule has 0 saturated carbocycles. The van der Waals surface area contributed by atoms with Gasteiger partial charge in [0.15, 0.2) is 0 Å². The van der Waals surface area contributed by atoms with Gasteiger partial charge in [-0.25, -0.2) is 0 Å². The number of ether oxygens (including phenoxy) is 1. The molecule has 1 aliphatic heterocycles. The summed E-state index contributed by atoms with van der Waals surface area (Å²) in [7, 11) is 1.63. The molecule has 1 aromatic carbocycles.